The van der Waals surface area contributed by atoms with E-state index in [2.05, 4.69) is 20.8 Å². The number of aromatic nitrogens is 4. The minimum absolute atomic E-state index is 0.193. The van der Waals surface area contributed by atoms with Crippen LogP contribution < -0.4 is 10.6 Å². The van der Waals surface area contributed by atoms with Crippen molar-refractivity contribution in [3.8, 4) is 0 Å². The van der Waals surface area contributed by atoms with Crippen LogP contribution in [0.2, 0.25) is 15.1 Å². The van der Waals surface area contributed by atoms with Crippen molar-refractivity contribution in [2.24, 2.45) is 0 Å². The minimum Gasteiger partial charge on any atom is -0.329 e. The van der Waals surface area contributed by atoms with Crippen molar-refractivity contribution in [2.45, 2.75) is 26.9 Å². The lowest BCUT2D eigenvalue weighted by Gasteiger charge is -2.11. The van der Waals surface area contributed by atoms with Crippen LogP contribution in [0.1, 0.15) is 22.5 Å². The van der Waals surface area contributed by atoms with Crippen molar-refractivity contribution in [1.29, 1.82) is 0 Å². The molecule has 11 heteroatoms. The molecule has 2 heterocycles. The van der Waals surface area contributed by atoms with Gasteiger partial charge in [-0.1, -0.05) is 59.1 Å². The van der Waals surface area contributed by atoms with E-state index >= 15 is 0 Å². The van der Waals surface area contributed by atoms with Crippen molar-refractivity contribution < 1.29 is 4.39 Å². The molecule has 0 saturated carbocycles. The van der Waals surface area contributed by atoms with E-state index in [0.717, 1.165) is 11.3 Å². The number of hydrogen-bond donors (Lipinski definition) is 2. The van der Waals surface area contributed by atoms with E-state index < -0.39 is 0 Å². The zero-order valence-corrected chi connectivity index (χ0v) is 21.3. The molecular weight excluding hydrogens is 518 g/mol. The van der Waals surface area contributed by atoms with Gasteiger partial charge >= 0.3 is 0 Å². The lowest BCUT2D eigenvalue weighted by molar-refractivity contribution is 0.579. The summed E-state index contributed by atoms with van der Waals surface area (Å²) in [4.78, 5) is 0. The zero-order valence-electron chi connectivity index (χ0n) is 18.2. The number of hydrogen-bond acceptors (Lipinski definition) is 3. The van der Waals surface area contributed by atoms with Crippen molar-refractivity contribution in [3.63, 3.8) is 0 Å². The zero-order chi connectivity index (χ0) is 24.4. The summed E-state index contributed by atoms with van der Waals surface area (Å²) in [7, 11) is 0. The Labute approximate surface area is 216 Å². The molecule has 0 aliphatic carbocycles. The second-order valence-corrected chi connectivity index (χ2v) is 9.23. The molecule has 4 aromatic rings. The lowest BCUT2D eigenvalue weighted by Crippen LogP contribution is -2.20. The Bertz CT molecular complexity index is 1350. The Morgan fingerprint density at radius 3 is 2.41 bits per heavy atom. The van der Waals surface area contributed by atoms with Gasteiger partial charge in [-0.05, 0) is 49.8 Å². The van der Waals surface area contributed by atoms with Gasteiger partial charge in [-0.25, -0.2) is 4.39 Å². The third-order valence-electron chi connectivity index (χ3n) is 5.23. The molecule has 6 nitrogen and oxygen atoms in total. The molecule has 0 spiro atoms. The van der Waals surface area contributed by atoms with Crippen LogP contribution in [-0.2, 0) is 13.1 Å². The summed E-state index contributed by atoms with van der Waals surface area (Å²) >= 11 is 24.2. The molecule has 0 fully saturated rings. The van der Waals surface area contributed by atoms with Crippen molar-refractivity contribution in [2.75, 3.05) is 10.6 Å². The molecule has 0 saturated heterocycles. The summed E-state index contributed by atoms with van der Waals surface area (Å²) in [5.41, 5.74) is 3.47. The van der Waals surface area contributed by atoms with Crippen LogP contribution in [0.4, 0.5) is 15.9 Å². The van der Waals surface area contributed by atoms with E-state index in [1.807, 2.05) is 38.1 Å². The predicted octanol–water partition coefficient (Wildman–Crippen LogP) is 6.70. The Balaban J connectivity index is 1.47. The largest absolute Gasteiger partial charge is 0.329 e. The summed E-state index contributed by atoms with van der Waals surface area (Å²) in [5, 5.41) is 16.8. The molecule has 2 N–H and O–H groups in total. The number of halogens is 4. The first-order chi connectivity index (χ1) is 16.2. The fraction of sp³-hybridized carbons (Fsp3) is 0.174. The van der Waals surface area contributed by atoms with Gasteiger partial charge in [0.25, 0.3) is 0 Å². The SMILES string of the molecule is Cc1nn(Cc2c(F)cccc2Cl)c(C)c1NC(=S)Nc1nn(Cc2ccccc2Cl)cc1Cl. The number of benzene rings is 2. The standard InChI is InChI=1S/C23H20Cl3FN6S/c1-13-21(14(2)33(30-13)11-16-18(25)8-5-9-20(16)27)28-23(34)29-22-19(26)12-32(31-22)10-15-6-3-4-7-17(15)24/h3-9,12H,10-11H2,1-2H3,(H2,28,29,31,34). The molecule has 2 aromatic heterocycles. The molecule has 0 aliphatic rings. The summed E-state index contributed by atoms with van der Waals surface area (Å²) in [6.45, 7) is 4.36. The number of thiocarbonyl (C=S) groups is 1. The highest BCUT2D eigenvalue weighted by Crippen LogP contribution is 2.26. The highest BCUT2D eigenvalue weighted by atomic mass is 35.5. The Morgan fingerprint density at radius 2 is 1.68 bits per heavy atom. The number of rotatable bonds is 6. The van der Waals surface area contributed by atoms with Crippen LogP contribution in [0, 0.1) is 19.7 Å². The summed E-state index contributed by atoms with van der Waals surface area (Å²) in [5.74, 6) is 0.0285. The van der Waals surface area contributed by atoms with Gasteiger partial charge in [-0.2, -0.15) is 10.2 Å². The van der Waals surface area contributed by atoms with Crippen molar-refractivity contribution in [1.82, 2.24) is 19.6 Å². The van der Waals surface area contributed by atoms with Crippen LogP contribution in [-0.4, -0.2) is 24.7 Å². The molecule has 34 heavy (non-hydrogen) atoms. The molecule has 176 valence electrons. The van der Waals surface area contributed by atoms with E-state index in [9.17, 15) is 4.39 Å². The number of nitrogens with zero attached hydrogens (tertiary/aromatic N) is 4. The maximum absolute atomic E-state index is 14.2. The average molecular weight is 538 g/mol. The van der Waals surface area contributed by atoms with Gasteiger partial charge in [0.1, 0.15) is 10.8 Å². The first kappa shape index (κ1) is 24.5. The molecule has 4 rings (SSSR count). The monoisotopic (exact) mass is 536 g/mol. The molecule has 0 aliphatic heterocycles. The number of anilines is 2. The van der Waals surface area contributed by atoms with Crippen LogP contribution in [0.15, 0.2) is 48.7 Å². The molecule has 0 amide bonds. The maximum Gasteiger partial charge on any atom is 0.176 e. The van der Waals surface area contributed by atoms with E-state index in [-0.39, 0.29) is 12.4 Å². The highest BCUT2D eigenvalue weighted by Gasteiger charge is 2.17. The quantitative estimate of drug-likeness (QED) is 0.268. The highest BCUT2D eigenvalue weighted by molar-refractivity contribution is 7.80. The molecular formula is C23H20Cl3FN6S. The predicted molar refractivity (Wildman–Crippen MR) is 140 cm³/mol. The second-order valence-electron chi connectivity index (χ2n) is 7.60. The molecule has 0 atom stereocenters. The topological polar surface area (TPSA) is 59.7 Å². The van der Waals surface area contributed by atoms with Gasteiger partial charge in [0.05, 0.1) is 30.2 Å². The lowest BCUT2D eigenvalue weighted by atomic mass is 10.2. The van der Waals surface area contributed by atoms with Gasteiger partial charge in [-0.15, -0.1) is 0 Å². The van der Waals surface area contributed by atoms with Gasteiger partial charge in [0.15, 0.2) is 10.9 Å². The molecule has 0 unspecified atom stereocenters. The van der Waals surface area contributed by atoms with E-state index in [0.29, 0.717) is 49.5 Å². The maximum atomic E-state index is 14.2. The van der Waals surface area contributed by atoms with Crippen LogP contribution in [0.5, 0.6) is 0 Å². The number of aryl methyl sites for hydroxylation is 1. The summed E-state index contributed by atoms with van der Waals surface area (Å²) in [6, 6.07) is 12.1. The van der Waals surface area contributed by atoms with E-state index in [4.69, 9.17) is 47.0 Å². The Morgan fingerprint density at radius 1 is 0.941 bits per heavy atom. The van der Waals surface area contributed by atoms with Gasteiger partial charge in [0, 0.05) is 21.8 Å². The van der Waals surface area contributed by atoms with Crippen LogP contribution >= 0.6 is 47.0 Å². The van der Waals surface area contributed by atoms with E-state index in [1.165, 1.54) is 6.07 Å². The van der Waals surface area contributed by atoms with Gasteiger partial charge in [0.2, 0.25) is 0 Å². The van der Waals surface area contributed by atoms with Gasteiger partial charge < -0.3 is 10.6 Å². The smallest absolute Gasteiger partial charge is 0.176 e. The normalized spacial score (nSPS) is 11.0. The average Bonchev–Trinajstić information content (AvgIpc) is 3.25. The third-order valence-corrected chi connectivity index (χ3v) is 6.43. The Hall–Kier alpha value is -2.65. The first-order valence-electron chi connectivity index (χ1n) is 10.2. The minimum atomic E-state index is -0.381. The number of nitrogens with one attached hydrogen (secondary N) is 2. The molecule has 2 aromatic carbocycles. The molecule has 0 bridgehead atoms. The summed E-state index contributed by atoms with van der Waals surface area (Å²) < 4.78 is 17.6. The molecule has 0 radical (unpaired) electrons. The van der Waals surface area contributed by atoms with Crippen molar-refractivity contribution in [3.05, 3.63) is 92.1 Å². The Kier molecular flexibility index (Phi) is 7.42. The van der Waals surface area contributed by atoms with E-state index in [1.54, 1.807) is 27.7 Å². The van der Waals surface area contributed by atoms with Crippen molar-refractivity contribution >= 4 is 63.6 Å². The summed E-state index contributed by atoms with van der Waals surface area (Å²) in [6.07, 6.45) is 1.70. The fourth-order valence-corrected chi connectivity index (χ4v) is 4.30. The second kappa shape index (κ2) is 10.3. The van der Waals surface area contributed by atoms with Gasteiger partial charge in [-0.3, -0.25) is 9.36 Å². The first-order valence-corrected chi connectivity index (χ1v) is 11.8. The van der Waals surface area contributed by atoms with Crippen LogP contribution in [0.3, 0.4) is 0 Å². The fourth-order valence-electron chi connectivity index (χ4n) is 3.48. The van der Waals surface area contributed by atoms with Crippen LogP contribution in [0.25, 0.3) is 0 Å². The third kappa shape index (κ3) is 5.36.